The number of nitriles is 1. The molecule has 3 rings (SSSR count). The smallest absolute Gasteiger partial charge is 0.0868 e. The summed E-state index contributed by atoms with van der Waals surface area (Å²) in [6.07, 6.45) is 2.71. The highest BCUT2D eigenvalue weighted by Crippen LogP contribution is 2.41. The number of benzene rings is 2. The minimum atomic E-state index is -0.361. The maximum absolute atomic E-state index is 9.75. The summed E-state index contributed by atoms with van der Waals surface area (Å²) in [6, 6.07) is 19.1. The van der Waals surface area contributed by atoms with E-state index in [1.165, 1.54) is 16.7 Å². The second-order valence-corrected chi connectivity index (χ2v) is 5.97. The van der Waals surface area contributed by atoms with E-state index in [9.17, 15) is 5.26 Å². The molecule has 0 fully saturated rings. The van der Waals surface area contributed by atoms with Crippen LogP contribution in [-0.4, -0.2) is 0 Å². The van der Waals surface area contributed by atoms with Crippen molar-refractivity contribution in [2.75, 3.05) is 0 Å². The Morgan fingerprint density at radius 3 is 2.63 bits per heavy atom. The topological polar surface area (TPSA) is 23.8 Å². The van der Waals surface area contributed by atoms with Crippen molar-refractivity contribution in [2.45, 2.75) is 24.7 Å². The molecule has 0 saturated heterocycles. The van der Waals surface area contributed by atoms with E-state index in [0.29, 0.717) is 0 Å². The van der Waals surface area contributed by atoms with Gasteiger partial charge >= 0.3 is 0 Å². The Morgan fingerprint density at radius 2 is 1.84 bits per heavy atom. The highest BCUT2D eigenvalue weighted by molar-refractivity contribution is 9.10. The van der Waals surface area contributed by atoms with Gasteiger partial charge in [-0.1, -0.05) is 58.4 Å². The molecule has 0 saturated carbocycles. The first kappa shape index (κ1) is 12.4. The molecule has 0 radical (unpaired) electrons. The van der Waals surface area contributed by atoms with E-state index in [4.69, 9.17) is 0 Å². The number of aryl methyl sites for hydroxylation is 1. The van der Waals surface area contributed by atoms with Gasteiger partial charge in [0, 0.05) is 4.47 Å². The van der Waals surface area contributed by atoms with E-state index in [1.807, 2.05) is 24.3 Å². The van der Waals surface area contributed by atoms with Crippen molar-refractivity contribution in [3.63, 3.8) is 0 Å². The number of rotatable bonds is 2. The number of fused-ring (bicyclic) bond motifs is 1. The molecule has 0 heterocycles. The van der Waals surface area contributed by atoms with E-state index in [-0.39, 0.29) is 5.41 Å². The van der Waals surface area contributed by atoms with Crippen LogP contribution in [0.15, 0.2) is 53.0 Å². The molecule has 1 aliphatic carbocycles. The SMILES string of the molecule is N#CC1(Cc2ccccc2Br)CCc2ccccc21. The molecule has 0 amide bonds. The molecule has 0 spiro atoms. The van der Waals surface area contributed by atoms with Crippen molar-refractivity contribution in [2.24, 2.45) is 0 Å². The molecule has 1 unspecified atom stereocenters. The van der Waals surface area contributed by atoms with Gasteiger partial charge in [-0.2, -0.15) is 5.26 Å². The van der Waals surface area contributed by atoms with Gasteiger partial charge in [0.2, 0.25) is 0 Å². The van der Waals surface area contributed by atoms with Crippen LogP contribution in [0.4, 0.5) is 0 Å². The Bertz CT molecular complexity index is 656. The van der Waals surface area contributed by atoms with Crippen molar-refractivity contribution in [3.05, 3.63) is 69.7 Å². The van der Waals surface area contributed by atoms with Crippen molar-refractivity contribution in [3.8, 4) is 6.07 Å². The van der Waals surface area contributed by atoms with Crippen molar-refractivity contribution in [1.82, 2.24) is 0 Å². The number of hydrogen-bond acceptors (Lipinski definition) is 1. The molecular weight excluding hydrogens is 298 g/mol. The molecule has 0 aliphatic heterocycles. The first-order valence-corrected chi connectivity index (χ1v) is 7.27. The summed E-state index contributed by atoms with van der Waals surface area (Å²) < 4.78 is 1.09. The summed E-state index contributed by atoms with van der Waals surface area (Å²) in [5, 5.41) is 9.75. The lowest BCUT2D eigenvalue weighted by Crippen LogP contribution is -2.24. The predicted octanol–water partition coefficient (Wildman–Crippen LogP) is 4.40. The quantitative estimate of drug-likeness (QED) is 0.806. The number of nitrogens with zero attached hydrogens (tertiary/aromatic N) is 1. The molecule has 19 heavy (non-hydrogen) atoms. The lowest BCUT2D eigenvalue weighted by molar-refractivity contribution is 0.540. The molecule has 0 N–H and O–H groups in total. The van der Waals surface area contributed by atoms with Gasteiger partial charge in [-0.25, -0.2) is 0 Å². The summed E-state index contributed by atoms with van der Waals surface area (Å²) in [7, 11) is 0. The zero-order valence-electron chi connectivity index (χ0n) is 10.6. The van der Waals surface area contributed by atoms with Crippen LogP contribution in [0.1, 0.15) is 23.1 Å². The molecule has 1 aliphatic rings. The van der Waals surface area contributed by atoms with Crippen LogP contribution in [0.25, 0.3) is 0 Å². The number of hydrogen-bond donors (Lipinski definition) is 0. The highest BCUT2D eigenvalue weighted by Gasteiger charge is 2.39. The maximum atomic E-state index is 9.75. The minimum absolute atomic E-state index is 0.361. The van der Waals surface area contributed by atoms with Crippen LogP contribution < -0.4 is 0 Å². The van der Waals surface area contributed by atoms with Crippen LogP contribution >= 0.6 is 15.9 Å². The first-order valence-electron chi connectivity index (χ1n) is 6.48. The second-order valence-electron chi connectivity index (χ2n) is 5.12. The fourth-order valence-corrected chi connectivity index (χ4v) is 3.42. The molecule has 2 heteroatoms. The van der Waals surface area contributed by atoms with E-state index in [1.54, 1.807) is 0 Å². The Balaban J connectivity index is 2.04. The average molecular weight is 312 g/mol. The largest absolute Gasteiger partial charge is 0.197 e. The molecule has 94 valence electrons. The normalized spacial score (nSPS) is 20.8. The van der Waals surface area contributed by atoms with E-state index in [0.717, 1.165) is 23.7 Å². The van der Waals surface area contributed by atoms with Crippen LogP contribution in [0.3, 0.4) is 0 Å². The van der Waals surface area contributed by atoms with Crippen molar-refractivity contribution < 1.29 is 0 Å². The lowest BCUT2D eigenvalue weighted by atomic mass is 9.78. The van der Waals surface area contributed by atoms with Gasteiger partial charge in [0.05, 0.1) is 11.5 Å². The Labute approximate surface area is 122 Å². The average Bonchev–Trinajstić information content (AvgIpc) is 2.81. The Morgan fingerprint density at radius 1 is 1.11 bits per heavy atom. The van der Waals surface area contributed by atoms with Gasteiger partial charge in [0.25, 0.3) is 0 Å². The predicted molar refractivity (Wildman–Crippen MR) is 79.9 cm³/mol. The van der Waals surface area contributed by atoms with E-state index >= 15 is 0 Å². The summed E-state index contributed by atoms with van der Waals surface area (Å²) in [5.41, 5.74) is 3.39. The summed E-state index contributed by atoms with van der Waals surface area (Å²) in [4.78, 5) is 0. The van der Waals surface area contributed by atoms with Gasteiger partial charge in [-0.3, -0.25) is 0 Å². The lowest BCUT2D eigenvalue weighted by Gasteiger charge is -2.23. The van der Waals surface area contributed by atoms with Gasteiger partial charge in [-0.05, 0) is 42.0 Å². The van der Waals surface area contributed by atoms with Crippen LogP contribution in [0.2, 0.25) is 0 Å². The summed E-state index contributed by atoms with van der Waals surface area (Å²) in [6.45, 7) is 0. The van der Waals surface area contributed by atoms with Crippen LogP contribution in [0, 0.1) is 11.3 Å². The van der Waals surface area contributed by atoms with Crippen LogP contribution in [-0.2, 0) is 18.3 Å². The molecule has 0 aromatic heterocycles. The molecule has 1 atom stereocenters. The minimum Gasteiger partial charge on any atom is -0.197 e. The number of halogens is 1. The van der Waals surface area contributed by atoms with Crippen molar-refractivity contribution in [1.29, 1.82) is 5.26 Å². The summed E-state index contributed by atoms with van der Waals surface area (Å²) in [5.74, 6) is 0. The molecular formula is C17H14BrN. The first-order chi connectivity index (χ1) is 9.25. The summed E-state index contributed by atoms with van der Waals surface area (Å²) >= 11 is 3.59. The Hall–Kier alpha value is -1.59. The van der Waals surface area contributed by atoms with E-state index in [2.05, 4.69) is 46.3 Å². The van der Waals surface area contributed by atoms with Crippen LogP contribution in [0.5, 0.6) is 0 Å². The van der Waals surface area contributed by atoms with Gasteiger partial charge in [-0.15, -0.1) is 0 Å². The second kappa shape index (κ2) is 4.83. The molecule has 2 aromatic rings. The molecule has 0 bridgehead atoms. The molecule has 2 aromatic carbocycles. The third-order valence-electron chi connectivity index (χ3n) is 4.02. The highest BCUT2D eigenvalue weighted by atomic mass is 79.9. The third kappa shape index (κ3) is 2.09. The van der Waals surface area contributed by atoms with Gasteiger partial charge < -0.3 is 0 Å². The van der Waals surface area contributed by atoms with Crippen molar-refractivity contribution >= 4 is 15.9 Å². The van der Waals surface area contributed by atoms with Gasteiger partial charge in [0.1, 0.15) is 0 Å². The van der Waals surface area contributed by atoms with Gasteiger partial charge in [0.15, 0.2) is 0 Å². The monoisotopic (exact) mass is 311 g/mol. The maximum Gasteiger partial charge on any atom is 0.0868 e. The Kier molecular flexibility index (Phi) is 3.16. The zero-order valence-corrected chi connectivity index (χ0v) is 12.2. The fourth-order valence-electron chi connectivity index (χ4n) is 2.99. The zero-order chi connectivity index (χ0) is 13.3. The van der Waals surface area contributed by atoms with E-state index < -0.39 is 0 Å². The third-order valence-corrected chi connectivity index (χ3v) is 4.79. The standard InChI is InChI=1S/C17H14BrN/c18-16-8-4-2-6-14(16)11-17(12-19)10-9-13-5-1-3-7-15(13)17/h1-8H,9-11H2. The fraction of sp³-hybridized carbons (Fsp3) is 0.235. The molecule has 1 nitrogen and oxygen atoms in total.